The third-order valence-electron chi connectivity index (χ3n) is 4.57. The lowest BCUT2D eigenvalue weighted by atomic mass is 9.98. The number of halogens is 3. The van der Waals surface area contributed by atoms with Crippen molar-refractivity contribution < 1.29 is 32.3 Å². The van der Waals surface area contributed by atoms with Crippen molar-refractivity contribution in [1.29, 1.82) is 0 Å². The van der Waals surface area contributed by atoms with Gasteiger partial charge < -0.3 is 10.1 Å². The lowest BCUT2D eigenvalue weighted by Crippen LogP contribution is -2.31. The minimum absolute atomic E-state index is 0.0586. The van der Waals surface area contributed by atoms with Crippen LogP contribution in [0.2, 0.25) is 0 Å². The first-order chi connectivity index (χ1) is 15.2. The van der Waals surface area contributed by atoms with Crippen LogP contribution in [0.15, 0.2) is 78.9 Å². The van der Waals surface area contributed by atoms with Crippen molar-refractivity contribution in [2.45, 2.75) is 19.2 Å². The fourth-order valence-electron chi connectivity index (χ4n) is 2.96. The Kier molecular flexibility index (Phi) is 6.73. The molecule has 1 N–H and O–H groups in total. The van der Waals surface area contributed by atoms with E-state index in [1.807, 2.05) is 0 Å². The van der Waals surface area contributed by atoms with Crippen molar-refractivity contribution >= 4 is 23.3 Å². The summed E-state index contributed by atoms with van der Waals surface area (Å²) < 4.78 is 44.5. The number of hydrogen-bond donors (Lipinski definition) is 1. The fraction of sp³-hybridized carbons (Fsp3) is 0.125. The van der Waals surface area contributed by atoms with Crippen LogP contribution in [0.3, 0.4) is 0 Å². The zero-order valence-electron chi connectivity index (χ0n) is 16.8. The van der Waals surface area contributed by atoms with Gasteiger partial charge in [-0.25, -0.2) is 4.79 Å². The molecule has 32 heavy (non-hydrogen) atoms. The number of carbonyl (C=O) groups excluding carboxylic acids is 3. The zero-order chi connectivity index (χ0) is 23.3. The number of ketones is 1. The van der Waals surface area contributed by atoms with Gasteiger partial charge in [-0.1, -0.05) is 60.7 Å². The molecule has 3 rings (SSSR count). The van der Waals surface area contributed by atoms with Crippen LogP contribution in [0.1, 0.15) is 38.8 Å². The molecular weight excluding hydrogens is 423 g/mol. The van der Waals surface area contributed by atoms with Crippen LogP contribution in [0.25, 0.3) is 0 Å². The SMILES string of the molecule is CC(OC(=O)c1ccccc1C(=O)c1ccccc1)C(=O)Nc1ccccc1C(F)(F)F. The van der Waals surface area contributed by atoms with Crippen molar-refractivity contribution in [1.82, 2.24) is 0 Å². The van der Waals surface area contributed by atoms with E-state index >= 15 is 0 Å². The number of para-hydroxylation sites is 1. The molecule has 1 amide bonds. The number of carbonyl (C=O) groups is 3. The molecule has 0 aliphatic rings. The number of nitrogens with one attached hydrogen (secondary N) is 1. The molecule has 1 unspecified atom stereocenters. The van der Waals surface area contributed by atoms with E-state index < -0.39 is 41.2 Å². The van der Waals surface area contributed by atoms with Crippen LogP contribution in [0.5, 0.6) is 0 Å². The van der Waals surface area contributed by atoms with E-state index in [0.717, 1.165) is 12.1 Å². The molecule has 3 aromatic carbocycles. The maximum Gasteiger partial charge on any atom is 0.418 e. The summed E-state index contributed by atoms with van der Waals surface area (Å²) in [6, 6.07) is 18.7. The summed E-state index contributed by atoms with van der Waals surface area (Å²) >= 11 is 0. The molecule has 8 heteroatoms. The molecule has 0 radical (unpaired) electrons. The Morgan fingerprint density at radius 1 is 0.812 bits per heavy atom. The molecule has 0 bridgehead atoms. The molecule has 0 saturated heterocycles. The van der Waals surface area contributed by atoms with E-state index in [-0.39, 0.29) is 11.1 Å². The highest BCUT2D eigenvalue weighted by atomic mass is 19.4. The first kappa shape index (κ1) is 22.7. The zero-order valence-corrected chi connectivity index (χ0v) is 16.8. The van der Waals surface area contributed by atoms with Gasteiger partial charge in [0.15, 0.2) is 11.9 Å². The molecule has 0 aliphatic carbocycles. The molecule has 0 aliphatic heterocycles. The van der Waals surface area contributed by atoms with Gasteiger partial charge in [0.1, 0.15) is 0 Å². The summed E-state index contributed by atoms with van der Waals surface area (Å²) in [6.07, 6.45) is -6.08. The maximum absolute atomic E-state index is 13.1. The smallest absolute Gasteiger partial charge is 0.418 e. The lowest BCUT2D eigenvalue weighted by molar-refractivity contribution is -0.137. The molecule has 0 saturated carbocycles. The summed E-state index contributed by atoms with van der Waals surface area (Å²) in [5.74, 6) is -2.30. The van der Waals surface area contributed by atoms with Gasteiger partial charge in [-0.2, -0.15) is 13.2 Å². The van der Waals surface area contributed by atoms with Crippen molar-refractivity contribution in [2.75, 3.05) is 5.32 Å². The monoisotopic (exact) mass is 441 g/mol. The Morgan fingerprint density at radius 3 is 2.03 bits per heavy atom. The predicted octanol–water partition coefficient (Wildman–Crippen LogP) is 5.12. The van der Waals surface area contributed by atoms with E-state index in [1.54, 1.807) is 36.4 Å². The van der Waals surface area contributed by atoms with Gasteiger partial charge in [-0.3, -0.25) is 9.59 Å². The number of esters is 1. The molecular formula is C24H18F3NO4. The van der Waals surface area contributed by atoms with Crippen molar-refractivity contribution in [3.05, 3.63) is 101 Å². The minimum Gasteiger partial charge on any atom is -0.449 e. The van der Waals surface area contributed by atoms with E-state index in [4.69, 9.17) is 4.74 Å². The Bertz CT molecular complexity index is 1140. The predicted molar refractivity (Wildman–Crippen MR) is 111 cm³/mol. The lowest BCUT2D eigenvalue weighted by Gasteiger charge is -2.17. The average molecular weight is 441 g/mol. The van der Waals surface area contributed by atoms with E-state index in [1.165, 1.54) is 37.3 Å². The summed E-state index contributed by atoms with van der Waals surface area (Å²) in [5, 5.41) is 2.13. The summed E-state index contributed by atoms with van der Waals surface area (Å²) in [7, 11) is 0. The Hall–Kier alpha value is -3.94. The van der Waals surface area contributed by atoms with Crippen LogP contribution >= 0.6 is 0 Å². The molecule has 0 spiro atoms. The first-order valence-corrected chi connectivity index (χ1v) is 9.55. The highest BCUT2D eigenvalue weighted by molar-refractivity contribution is 6.14. The van der Waals surface area contributed by atoms with Crippen LogP contribution < -0.4 is 5.32 Å². The largest absolute Gasteiger partial charge is 0.449 e. The molecule has 5 nitrogen and oxygen atoms in total. The third kappa shape index (κ3) is 5.21. The van der Waals surface area contributed by atoms with Gasteiger partial charge in [0, 0.05) is 11.1 Å². The number of anilines is 1. The van der Waals surface area contributed by atoms with Gasteiger partial charge in [0.05, 0.1) is 16.8 Å². The fourth-order valence-corrected chi connectivity index (χ4v) is 2.96. The van der Waals surface area contributed by atoms with Crippen LogP contribution in [-0.2, 0) is 15.7 Å². The van der Waals surface area contributed by atoms with Gasteiger partial charge in [0.25, 0.3) is 5.91 Å². The Balaban J connectivity index is 1.76. The number of alkyl halides is 3. The number of hydrogen-bond acceptors (Lipinski definition) is 4. The van der Waals surface area contributed by atoms with E-state index in [2.05, 4.69) is 5.32 Å². The van der Waals surface area contributed by atoms with Crippen molar-refractivity contribution in [2.24, 2.45) is 0 Å². The van der Waals surface area contributed by atoms with E-state index in [0.29, 0.717) is 5.56 Å². The average Bonchev–Trinajstić information content (AvgIpc) is 2.78. The van der Waals surface area contributed by atoms with E-state index in [9.17, 15) is 27.6 Å². The summed E-state index contributed by atoms with van der Waals surface area (Å²) in [6.45, 7) is 1.23. The van der Waals surface area contributed by atoms with Gasteiger partial charge >= 0.3 is 12.1 Å². The topological polar surface area (TPSA) is 72.5 Å². The number of ether oxygens (including phenoxy) is 1. The molecule has 0 heterocycles. The van der Waals surface area contributed by atoms with Gasteiger partial charge in [-0.15, -0.1) is 0 Å². The molecule has 3 aromatic rings. The summed E-state index contributed by atoms with van der Waals surface area (Å²) in [5.41, 5.74) is -1.09. The second-order valence-corrected chi connectivity index (χ2v) is 6.82. The summed E-state index contributed by atoms with van der Waals surface area (Å²) in [4.78, 5) is 37.8. The quantitative estimate of drug-likeness (QED) is 0.426. The van der Waals surface area contributed by atoms with Gasteiger partial charge in [0.2, 0.25) is 0 Å². The van der Waals surface area contributed by atoms with Crippen LogP contribution in [0.4, 0.5) is 18.9 Å². The molecule has 1 atom stereocenters. The molecule has 0 aromatic heterocycles. The standard InChI is InChI=1S/C24H18F3NO4/c1-15(22(30)28-20-14-8-7-13-19(20)24(25,26)27)32-23(31)18-12-6-5-11-17(18)21(29)16-9-3-2-4-10-16/h2-15H,1H3,(H,28,30). The normalized spacial score (nSPS) is 12.0. The van der Waals surface area contributed by atoms with Gasteiger partial charge in [-0.05, 0) is 25.1 Å². The van der Waals surface area contributed by atoms with Crippen molar-refractivity contribution in [3.63, 3.8) is 0 Å². The highest BCUT2D eigenvalue weighted by Crippen LogP contribution is 2.34. The van der Waals surface area contributed by atoms with Crippen LogP contribution in [0, 0.1) is 0 Å². The molecule has 0 fully saturated rings. The Morgan fingerprint density at radius 2 is 1.38 bits per heavy atom. The van der Waals surface area contributed by atoms with Crippen LogP contribution in [-0.4, -0.2) is 23.8 Å². The second-order valence-electron chi connectivity index (χ2n) is 6.82. The van der Waals surface area contributed by atoms with Crippen molar-refractivity contribution in [3.8, 4) is 0 Å². The number of rotatable bonds is 6. The number of amides is 1. The third-order valence-corrected chi connectivity index (χ3v) is 4.57. The molecule has 164 valence electrons. The first-order valence-electron chi connectivity index (χ1n) is 9.55. The maximum atomic E-state index is 13.1. The Labute approximate surface area is 181 Å². The highest BCUT2D eigenvalue weighted by Gasteiger charge is 2.34. The number of benzene rings is 3. The minimum atomic E-state index is -4.67. The second kappa shape index (κ2) is 9.47.